The van der Waals surface area contributed by atoms with E-state index in [1.807, 2.05) is 20.8 Å². The predicted molar refractivity (Wildman–Crippen MR) is 126 cm³/mol. The SMILES string of the molecule is CCCOC(=O)c1ccc(OCC(=O)NNC(=S)NC(=O)c2cccc(OC(C)C)c2)cc1. The first-order valence-electron chi connectivity index (χ1n) is 10.4. The number of hydrogen-bond donors (Lipinski definition) is 3. The first-order chi connectivity index (χ1) is 15.8. The molecule has 2 amide bonds. The highest BCUT2D eigenvalue weighted by atomic mass is 32.1. The van der Waals surface area contributed by atoms with E-state index < -0.39 is 17.8 Å². The van der Waals surface area contributed by atoms with E-state index in [4.69, 9.17) is 26.4 Å². The summed E-state index contributed by atoms with van der Waals surface area (Å²) in [5, 5.41) is 2.38. The summed E-state index contributed by atoms with van der Waals surface area (Å²) < 4.78 is 16.0. The van der Waals surface area contributed by atoms with E-state index in [0.29, 0.717) is 29.2 Å². The molecule has 3 N–H and O–H groups in total. The maximum atomic E-state index is 12.3. The lowest BCUT2D eigenvalue weighted by molar-refractivity contribution is -0.123. The average molecular weight is 474 g/mol. The molecule has 0 aromatic heterocycles. The van der Waals surface area contributed by atoms with Gasteiger partial charge in [-0.25, -0.2) is 4.79 Å². The Kier molecular flexibility index (Phi) is 10.1. The topological polar surface area (TPSA) is 115 Å². The van der Waals surface area contributed by atoms with Crippen LogP contribution in [0.3, 0.4) is 0 Å². The quantitative estimate of drug-likeness (QED) is 0.289. The lowest BCUT2D eigenvalue weighted by atomic mass is 10.2. The Bertz CT molecular complexity index is 978. The van der Waals surface area contributed by atoms with Gasteiger partial charge in [0.25, 0.3) is 11.8 Å². The highest BCUT2D eigenvalue weighted by Gasteiger charge is 2.11. The van der Waals surface area contributed by atoms with Crippen LogP contribution >= 0.6 is 12.2 Å². The minimum absolute atomic E-state index is 0.0243. The molecule has 0 spiro atoms. The summed E-state index contributed by atoms with van der Waals surface area (Å²) in [5.74, 6) is -0.431. The van der Waals surface area contributed by atoms with Crippen molar-refractivity contribution in [3.05, 3.63) is 59.7 Å². The van der Waals surface area contributed by atoms with Crippen LogP contribution < -0.4 is 25.6 Å². The third-order valence-corrected chi connectivity index (χ3v) is 4.11. The molecule has 176 valence electrons. The fraction of sp³-hybridized carbons (Fsp3) is 0.304. The van der Waals surface area contributed by atoms with Gasteiger partial charge in [-0.2, -0.15) is 0 Å². The Morgan fingerprint density at radius 1 is 0.970 bits per heavy atom. The lowest BCUT2D eigenvalue weighted by Gasteiger charge is -2.13. The second kappa shape index (κ2) is 13.0. The van der Waals surface area contributed by atoms with Gasteiger partial charge < -0.3 is 14.2 Å². The van der Waals surface area contributed by atoms with E-state index in [0.717, 1.165) is 6.42 Å². The summed E-state index contributed by atoms with van der Waals surface area (Å²) in [6, 6.07) is 12.9. The van der Waals surface area contributed by atoms with Crippen LogP contribution in [-0.4, -0.2) is 42.2 Å². The summed E-state index contributed by atoms with van der Waals surface area (Å²) in [6.45, 7) is 5.73. The average Bonchev–Trinajstić information content (AvgIpc) is 2.80. The second-order valence-corrected chi connectivity index (χ2v) is 7.51. The summed E-state index contributed by atoms with van der Waals surface area (Å²) in [6.07, 6.45) is 0.715. The van der Waals surface area contributed by atoms with Gasteiger partial charge in [-0.3, -0.25) is 25.8 Å². The normalized spacial score (nSPS) is 10.2. The molecule has 9 nitrogen and oxygen atoms in total. The highest BCUT2D eigenvalue weighted by Crippen LogP contribution is 2.15. The molecule has 0 aliphatic rings. The Morgan fingerprint density at radius 2 is 1.70 bits per heavy atom. The third kappa shape index (κ3) is 9.16. The van der Waals surface area contributed by atoms with Gasteiger partial charge in [0, 0.05) is 5.56 Å². The van der Waals surface area contributed by atoms with Gasteiger partial charge in [0.1, 0.15) is 11.5 Å². The van der Waals surface area contributed by atoms with E-state index in [2.05, 4.69) is 16.2 Å². The zero-order valence-corrected chi connectivity index (χ0v) is 19.5. The van der Waals surface area contributed by atoms with E-state index >= 15 is 0 Å². The van der Waals surface area contributed by atoms with Crippen molar-refractivity contribution in [2.24, 2.45) is 0 Å². The zero-order valence-electron chi connectivity index (χ0n) is 18.7. The van der Waals surface area contributed by atoms with Gasteiger partial charge in [-0.15, -0.1) is 0 Å². The summed E-state index contributed by atoms with van der Waals surface area (Å²) in [5.41, 5.74) is 5.52. The smallest absolute Gasteiger partial charge is 0.338 e. The van der Waals surface area contributed by atoms with Gasteiger partial charge in [0.2, 0.25) is 0 Å². The van der Waals surface area contributed by atoms with Gasteiger partial charge in [0.05, 0.1) is 18.3 Å². The Balaban J connectivity index is 1.74. The molecular weight excluding hydrogens is 446 g/mol. The lowest BCUT2D eigenvalue weighted by Crippen LogP contribution is -2.49. The van der Waals surface area contributed by atoms with Gasteiger partial charge in [0.15, 0.2) is 11.7 Å². The molecule has 10 heteroatoms. The van der Waals surface area contributed by atoms with Crippen molar-refractivity contribution in [3.8, 4) is 11.5 Å². The maximum absolute atomic E-state index is 12.3. The number of carbonyl (C=O) groups excluding carboxylic acids is 3. The molecule has 0 aliphatic carbocycles. The molecule has 0 saturated carbocycles. The number of benzene rings is 2. The number of thiocarbonyl (C=S) groups is 1. The minimum Gasteiger partial charge on any atom is -0.491 e. The number of amides is 2. The first-order valence-corrected chi connectivity index (χ1v) is 10.8. The van der Waals surface area contributed by atoms with Crippen LogP contribution in [-0.2, 0) is 9.53 Å². The fourth-order valence-electron chi connectivity index (χ4n) is 2.47. The number of hydrogen-bond acceptors (Lipinski definition) is 7. The number of rotatable bonds is 9. The Hall–Kier alpha value is -3.66. The van der Waals surface area contributed by atoms with Crippen LogP contribution in [0.1, 0.15) is 47.9 Å². The minimum atomic E-state index is -0.523. The van der Waals surface area contributed by atoms with Crippen molar-refractivity contribution in [2.75, 3.05) is 13.2 Å². The van der Waals surface area contributed by atoms with Gasteiger partial charge >= 0.3 is 5.97 Å². The zero-order chi connectivity index (χ0) is 24.2. The molecule has 33 heavy (non-hydrogen) atoms. The summed E-state index contributed by atoms with van der Waals surface area (Å²) >= 11 is 5.02. The molecule has 0 fully saturated rings. The van der Waals surface area contributed by atoms with Crippen molar-refractivity contribution in [1.82, 2.24) is 16.2 Å². The Morgan fingerprint density at radius 3 is 2.36 bits per heavy atom. The van der Waals surface area contributed by atoms with E-state index in [1.54, 1.807) is 48.5 Å². The molecule has 0 heterocycles. The van der Waals surface area contributed by atoms with Crippen molar-refractivity contribution in [3.63, 3.8) is 0 Å². The third-order valence-electron chi connectivity index (χ3n) is 3.91. The molecule has 0 unspecified atom stereocenters. The van der Waals surface area contributed by atoms with Crippen molar-refractivity contribution < 1.29 is 28.6 Å². The molecule has 0 radical (unpaired) electrons. The van der Waals surface area contributed by atoms with Crippen LogP contribution in [0.5, 0.6) is 11.5 Å². The molecule has 2 aromatic carbocycles. The monoisotopic (exact) mass is 473 g/mol. The summed E-state index contributed by atoms with van der Waals surface area (Å²) in [7, 11) is 0. The molecule has 0 aliphatic heterocycles. The predicted octanol–water partition coefficient (Wildman–Crippen LogP) is 2.76. The van der Waals surface area contributed by atoms with Crippen LogP contribution in [0.15, 0.2) is 48.5 Å². The van der Waals surface area contributed by atoms with Gasteiger partial charge in [-0.05, 0) is 75.0 Å². The van der Waals surface area contributed by atoms with Crippen molar-refractivity contribution in [2.45, 2.75) is 33.3 Å². The number of hydrazine groups is 1. The largest absolute Gasteiger partial charge is 0.491 e. The highest BCUT2D eigenvalue weighted by molar-refractivity contribution is 7.80. The van der Waals surface area contributed by atoms with Crippen LogP contribution in [0, 0.1) is 0 Å². The molecule has 0 bridgehead atoms. The fourth-order valence-corrected chi connectivity index (χ4v) is 2.61. The standard InChI is InChI=1S/C23H27N3O6S/c1-4-12-30-22(29)16-8-10-18(11-9-16)31-14-20(27)25-26-23(33)24-21(28)17-6-5-7-19(13-17)32-15(2)3/h5-11,13,15H,4,12,14H2,1-3H3,(H,25,27)(H2,24,26,28,33). The van der Waals surface area contributed by atoms with E-state index in [9.17, 15) is 14.4 Å². The number of ether oxygens (including phenoxy) is 3. The first kappa shape index (κ1) is 25.6. The molecular formula is C23H27N3O6S. The van der Waals surface area contributed by atoms with Crippen molar-refractivity contribution >= 4 is 35.1 Å². The van der Waals surface area contributed by atoms with Crippen molar-refractivity contribution in [1.29, 1.82) is 0 Å². The second-order valence-electron chi connectivity index (χ2n) is 7.10. The van der Waals surface area contributed by atoms with Crippen LogP contribution in [0.2, 0.25) is 0 Å². The number of carbonyl (C=O) groups is 3. The van der Waals surface area contributed by atoms with E-state index in [1.165, 1.54) is 0 Å². The maximum Gasteiger partial charge on any atom is 0.338 e. The molecule has 2 aromatic rings. The van der Waals surface area contributed by atoms with E-state index in [-0.39, 0.29) is 17.8 Å². The number of nitrogens with one attached hydrogen (secondary N) is 3. The molecule has 2 rings (SSSR count). The Labute approximate surface area is 197 Å². The molecule has 0 saturated heterocycles. The van der Waals surface area contributed by atoms with Gasteiger partial charge in [-0.1, -0.05) is 13.0 Å². The summed E-state index contributed by atoms with van der Waals surface area (Å²) in [4.78, 5) is 36.0. The molecule has 0 atom stereocenters. The van der Waals surface area contributed by atoms with Crippen LogP contribution in [0.25, 0.3) is 0 Å². The number of esters is 1. The van der Waals surface area contributed by atoms with Crippen LogP contribution in [0.4, 0.5) is 0 Å².